The quantitative estimate of drug-likeness (QED) is 0.480. The Morgan fingerprint density at radius 3 is 1.89 bits per heavy atom. The van der Waals surface area contributed by atoms with Crippen LogP contribution in [0.15, 0.2) is 84.9 Å². The van der Waals surface area contributed by atoms with Gasteiger partial charge in [0.05, 0.1) is 0 Å². The minimum Gasteiger partial charge on any atom is -0.492 e. The highest BCUT2D eigenvalue weighted by atomic mass is 35.5. The van der Waals surface area contributed by atoms with Crippen LogP contribution in [0.5, 0.6) is 5.75 Å². The van der Waals surface area contributed by atoms with Crippen molar-refractivity contribution >= 4 is 12.4 Å². The van der Waals surface area contributed by atoms with Crippen LogP contribution in [-0.2, 0) is 0 Å². The molecule has 0 spiro atoms. The van der Waals surface area contributed by atoms with Crippen LogP contribution in [0.3, 0.4) is 0 Å². The average molecular weight is 396 g/mol. The first-order valence-electron chi connectivity index (χ1n) is 9.75. The summed E-state index contributed by atoms with van der Waals surface area (Å²) in [5.74, 6) is 1.38. The number of rotatable bonds is 9. The van der Waals surface area contributed by atoms with E-state index in [1.807, 2.05) is 18.2 Å². The van der Waals surface area contributed by atoms with E-state index < -0.39 is 0 Å². The third kappa shape index (κ3) is 6.40. The van der Waals surface area contributed by atoms with Gasteiger partial charge in [0.1, 0.15) is 12.4 Å². The Morgan fingerprint density at radius 1 is 0.786 bits per heavy atom. The van der Waals surface area contributed by atoms with Crippen molar-refractivity contribution in [2.24, 2.45) is 0 Å². The number of aryl methyl sites for hydroxylation is 1. The van der Waals surface area contributed by atoms with Crippen LogP contribution in [0.2, 0.25) is 0 Å². The molecule has 0 saturated heterocycles. The molecular weight excluding hydrogens is 366 g/mol. The Kier molecular flexibility index (Phi) is 9.06. The summed E-state index contributed by atoms with van der Waals surface area (Å²) in [7, 11) is 0. The Balaban J connectivity index is 0.00000280. The summed E-state index contributed by atoms with van der Waals surface area (Å²) in [5.41, 5.74) is 3.92. The van der Waals surface area contributed by atoms with Gasteiger partial charge >= 0.3 is 0 Å². The molecule has 1 unspecified atom stereocenters. The summed E-state index contributed by atoms with van der Waals surface area (Å²) in [6.45, 7) is 5.88. The van der Waals surface area contributed by atoms with Crippen molar-refractivity contribution in [3.8, 4) is 5.75 Å². The second-order valence-corrected chi connectivity index (χ2v) is 7.09. The van der Waals surface area contributed by atoms with E-state index in [2.05, 4.69) is 85.9 Å². The lowest BCUT2D eigenvalue weighted by Crippen LogP contribution is -2.33. The molecule has 3 heteroatoms. The maximum Gasteiger partial charge on any atom is 0.122 e. The Bertz CT molecular complexity index is 768. The first-order valence-corrected chi connectivity index (χ1v) is 9.75. The molecule has 0 fully saturated rings. The predicted octanol–water partition coefficient (Wildman–Crippen LogP) is 6.00. The Morgan fingerprint density at radius 2 is 1.32 bits per heavy atom. The molecule has 0 aliphatic rings. The summed E-state index contributed by atoms with van der Waals surface area (Å²) in [6, 6.07) is 30.0. The molecule has 1 N–H and O–H groups in total. The first-order chi connectivity index (χ1) is 13.2. The highest BCUT2D eigenvalue weighted by Crippen LogP contribution is 2.27. The summed E-state index contributed by atoms with van der Waals surface area (Å²) < 4.78 is 5.96. The number of hydrogen-bond acceptors (Lipinski definition) is 2. The predicted molar refractivity (Wildman–Crippen MR) is 121 cm³/mol. The van der Waals surface area contributed by atoms with E-state index in [-0.39, 0.29) is 12.4 Å². The molecule has 1 atom stereocenters. The SMILES string of the molecule is Cc1ccccc1OCC(C)NCCC(c1ccccc1)c1ccccc1.Cl. The molecule has 0 saturated carbocycles. The third-order valence-electron chi connectivity index (χ3n) is 4.91. The van der Waals surface area contributed by atoms with Gasteiger partial charge in [-0.1, -0.05) is 78.9 Å². The standard InChI is InChI=1S/C25H29NO.ClH/c1-20-11-9-10-16-25(20)27-19-21(2)26-18-17-24(22-12-5-3-6-13-22)23-14-7-4-8-15-23;/h3-16,21,24,26H,17-19H2,1-2H3;1H. The zero-order valence-electron chi connectivity index (χ0n) is 16.7. The molecular formula is C25H30ClNO. The molecule has 0 heterocycles. The Hall–Kier alpha value is -2.29. The van der Waals surface area contributed by atoms with Gasteiger partial charge in [0.15, 0.2) is 0 Å². The van der Waals surface area contributed by atoms with Crippen LogP contribution in [0.1, 0.15) is 36.0 Å². The van der Waals surface area contributed by atoms with Crippen LogP contribution in [0, 0.1) is 6.92 Å². The summed E-state index contributed by atoms with van der Waals surface area (Å²) in [6.07, 6.45) is 1.06. The van der Waals surface area contributed by atoms with Crippen LogP contribution >= 0.6 is 12.4 Å². The fraction of sp³-hybridized carbons (Fsp3) is 0.280. The van der Waals surface area contributed by atoms with Crippen molar-refractivity contribution in [3.05, 3.63) is 102 Å². The van der Waals surface area contributed by atoms with Crippen molar-refractivity contribution in [2.45, 2.75) is 32.2 Å². The fourth-order valence-electron chi connectivity index (χ4n) is 3.36. The zero-order valence-corrected chi connectivity index (χ0v) is 17.5. The molecule has 3 aromatic carbocycles. The van der Waals surface area contributed by atoms with Gasteiger partial charge in [-0.2, -0.15) is 0 Å². The molecule has 28 heavy (non-hydrogen) atoms. The molecule has 3 aromatic rings. The minimum absolute atomic E-state index is 0. The molecule has 3 rings (SSSR count). The second-order valence-electron chi connectivity index (χ2n) is 7.09. The van der Waals surface area contributed by atoms with Crippen LogP contribution in [-0.4, -0.2) is 19.2 Å². The van der Waals surface area contributed by atoms with Crippen LogP contribution < -0.4 is 10.1 Å². The summed E-state index contributed by atoms with van der Waals surface area (Å²) in [5, 5.41) is 3.62. The Labute approximate surface area is 175 Å². The maximum absolute atomic E-state index is 5.96. The van der Waals surface area contributed by atoms with Crippen molar-refractivity contribution in [1.29, 1.82) is 0 Å². The van der Waals surface area contributed by atoms with Crippen molar-refractivity contribution in [2.75, 3.05) is 13.2 Å². The van der Waals surface area contributed by atoms with E-state index in [1.165, 1.54) is 16.7 Å². The smallest absolute Gasteiger partial charge is 0.122 e. The van der Waals surface area contributed by atoms with E-state index in [4.69, 9.17) is 4.74 Å². The molecule has 0 aliphatic carbocycles. The van der Waals surface area contributed by atoms with Crippen molar-refractivity contribution in [3.63, 3.8) is 0 Å². The number of ether oxygens (including phenoxy) is 1. The lowest BCUT2D eigenvalue weighted by molar-refractivity contribution is 0.271. The summed E-state index contributed by atoms with van der Waals surface area (Å²) in [4.78, 5) is 0. The van der Waals surface area contributed by atoms with Gasteiger partial charge in [0.25, 0.3) is 0 Å². The normalized spacial score (nSPS) is 11.7. The molecule has 0 aliphatic heterocycles. The average Bonchev–Trinajstić information content (AvgIpc) is 2.72. The lowest BCUT2D eigenvalue weighted by atomic mass is 9.88. The van der Waals surface area contributed by atoms with E-state index in [0.717, 1.165) is 18.7 Å². The second kappa shape index (κ2) is 11.5. The lowest BCUT2D eigenvalue weighted by Gasteiger charge is -2.21. The van der Waals surface area contributed by atoms with Gasteiger partial charge in [0.2, 0.25) is 0 Å². The number of halogens is 1. The first kappa shape index (κ1) is 22.0. The van der Waals surface area contributed by atoms with Gasteiger partial charge in [-0.25, -0.2) is 0 Å². The highest BCUT2D eigenvalue weighted by molar-refractivity contribution is 5.85. The summed E-state index contributed by atoms with van der Waals surface area (Å²) >= 11 is 0. The van der Waals surface area contributed by atoms with Crippen LogP contribution in [0.25, 0.3) is 0 Å². The zero-order chi connectivity index (χ0) is 18.9. The number of nitrogens with one attached hydrogen (secondary N) is 1. The third-order valence-corrected chi connectivity index (χ3v) is 4.91. The maximum atomic E-state index is 5.96. The van der Waals surface area contributed by atoms with Gasteiger partial charge < -0.3 is 10.1 Å². The van der Waals surface area contributed by atoms with Crippen molar-refractivity contribution in [1.82, 2.24) is 5.32 Å². The minimum atomic E-state index is 0. The van der Waals surface area contributed by atoms with E-state index in [9.17, 15) is 0 Å². The number of para-hydroxylation sites is 1. The fourth-order valence-corrected chi connectivity index (χ4v) is 3.36. The highest BCUT2D eigenvalue weighted by Gasteiger charge is 2.14. The van der Waals surface area contributed by atoms with E-state index in [0.29, 0.717) is 18.6 Å². The van der Waals surface area contributed by atoms with E-state index in [1.54, 1.807) is 0 Å². The topological polar surface area (TPSA) is 21.3 Å². The molecule has 2 nitrogen and oxygen atoms in total. The molecule has 0 radical (unpaired) electrons. The molecule has 0 amide bonds. The van der Waals surface area contributed by atoms with E-state index >= 15 is 0 Å². The number of benzene rings is 3. The molecule has 148 valence electrons. The van der Waals surface area contributed by atoms with Gasteiger partial charge in [-0.3, -0.25) is 0 Å². The van der Waals surface area contributed by atoms with Crippen molar-refractivity contribution < 1.29 is 4.74 Å². The monoisotopic (exact) mass is 395 g/mol. The van der Waals surface area contributed by atoms with Gasteiger partial charge in [0, 0.05) is 12.0 Å². The molecule has 0 aromatic heterocycles. The van der Waals surface area contributed by atoms with Crippen LogP contribution in [0.4, 0.5) is 0 Å². The largest absolute Gasteiger partial charge is 0.492 e. The van der Waals surface area contributed by atoms with Gasteiger partial charge in [-0.05, 0) is 49.6 Å². The van der Waals surface area contributed by atoms with Gasteiger partial charge in [-0.15, -0.1) is 12.4 Å². The molecule has 0 bridgehead atoms. The number of hydrogen-bond donors (Lipinski definition) is 1.